The van der Waals surface area contributed by atoms with Crippen molar-refractivity contribution in [2.75, 3.05) is 33.9 Å². The van der Waals surface area contributed by atoms with Gasteiger partial charge in [-0.05, 0) is 30.4 Å². The van der Waals surface area contributed by atoms with Gasteiger partial charge in [0.2, 0.25) is 11.8 Å². The molecule has 1 N–H and O–H groups in total. The minimum Gasteiger partial charge on any atom is -0.493 e. The fraction of sp³-hybridized carbons (Fsp3) is 0.462. The van der Waals surface area contributed by atoms with E-state index >= 15 is 0 Å². The predicted octanol–water partition coefficient (Wildman–Crippen LogP) is 2.83. The standard InChI is InChI=1S/C26H33N3O4/c1-32-23-10-6-9-21(25(23)33-2)18-28-14-13-27-26(31)22(28)15-24(30)29(17-20-11-12-20)16-19-7-4-3-5-8-19/h3-10,20,22H,11-18H2,1-2H3,(H,27,31)/t22-/m1/s1. The molecule has 0 bridgehead atoms. The molecule has 0 unspecified atom stereocenters. The van der Waals surface area contributed by atoms with Crippen LogP contribution in [0.2, 0.25) is 0 Å². The Morgan fingerprint density at radius 2 is 1.88 bits per heavy atom. The van der Waals surface area contributed by atoms with E-state index in [1.165, 1.54) is 12.8 Å². The third-order valence-corrected chi connectivity index (χ3v) is 6.41. The van der Waals surface area contributed by atoms with Crippen LogP contribution in [0.4, 0.5) is 0 Å². The number of nitrogens with one attached hydrogen (secondary N) is 1. The Morgan fingerprint density at radius 1 is 1.09 bits per heavy atom. The first-order valence-corrected chi connectivity index (χ1v) is 11.6. The van der Waals surface area contributed by atoms with Crippen LogP contribution in [0.5, 0.6) is 11.5 Å². The average molecular weight is 452 g/mol. The van der Waals surface area contributed by atoms with Crippen LogP contribution in [0, 0.1) is 5.92 Å². The minimum atomic E-state index is -0.514. The van der Waals surface area contributed by atoms with E-state index in [2.05, 4.69) is 10.2 Å². The minimum absolute atomic E-state index is 0.0235. The Balaban J connectivity index is 1.50. The van der Waals surface area contributed by atoms with Crippen LogP contribution in [0.25, 0.3) is 0 Å². The molecule has 1 aliphatic carbocycles. The molecule has 0 aromatic heterocycles. The molecule has 2 aliphatic rings. The van der Waals surface area contributed by atoms with Gasteiger partial charge in [0.15, 0.2) is 11.5 Å². The molecular formula is C26H33N3O4. The lowest BCUT2D eigenvalue weighted by atomic mass is 10.0. The first-order valence-electron chi connectivity index (χ1n) is 11.6. The number of methoxy groups -OCH3 is 2. The molecule has 2 aromatic carbocycles. The molecule has 2 fully saturated rings. The fourth-order valence-corrected chi connectivity index (χ4v) is 4.44. The van der Waals surface area contributed by atoms with Gasteiger partial charge in [-0.2, -0.15) is 0 Å². The van der Waals surface area contributed by atoms with Crippen LogP contribution < -0.4 is 14.8 Å². The maximum Gasteiger partial charge on any atom is 0.237 e. The summed E-state index contributed by atoms with van der Waals surface area (Å²) < 4.78 is 11.0. The van der Waals surface area contributed by atoms with Crippen LogP contribution in [0.15, 0.2) is 48.5 Å². The summed E-state index contributed by atoms with van der Waals surface area (Å²) >= 11 is 0. The van der Waals surface area contributed by atoms with Gasteiger partial charge >= 0.3 is 0 Å². The first-order chi connectivity index (χ1) is 16.1. The van der Waals surface area contributed by atoms with Crippen molar-refractivity contribution in [3.8, 4) is 11.5 Å². The van der Waals surface area contributed by atoms with Crippen molar-refractivity contribution in [2.45, 2.75) is 38.4 Å². The van der Waals surface area contributed by atoms with E-state index in [1.54, 1.807) is 14.2 Å². The molecule has 1 saturated heterocycles. The van der Waals surface area contributed by atoms with Crippen LogP contribution in [0.3, 0.4) is 0 Å². The van der Waals surface area contributed by atoms with Crippen molar-refractivity contribution in [3.63, 3.8) is 0 Å². The molecule has 1 aliphatic heterocycles. The van der Waals surface area contributed by atoms with E-state index in [4.69, 9.17) is 9.47 Å². The highest BCUT2D eigenvalue weighted by molar-refractivity contribution is 5.89. The average Bonchev–Trinajstić information content (AvgIpc) is 3.65. The molecule has 7 heteroatoms. The number of nitrogens with zero attached hydrogens (tertiary/aromatic N) is 2. The second-order valence-electron chi connectivity index (χ2n) is 8.84. The van der Waals surface area contributed by atoms with E-state index in [9.17, 15) is 9.59 Å². The van der Waals surface area contributed by atoms with Crippen molar-refractivity contribution in [3.05, 3.63) is 59.7 Å². The van der Waals surface area contributed by atoms with Crippen LogP contribution in [0.1, 0.15) is 30.4 Å². The molecule has 4 rings (SSSR count). The third-order valence-electron chi connectivity index (χ3n) is 6.41. The zero-order chi connectivity index (χ0) is 23.2. The Kier molecular flexibility index (Phi) is 7.50. The Hall–Kier alpha value is -3.06. The van der Waals surface area contributed by atoms with Gasteiger partial charge in [0, 0.05) is 38.3 Å². The van der Waals surface area contributed by atoms with Gasteiger partial charge in [-0.15, -0.1) is 0 Å². The Bertz CT molecular complexity index is 961. The molecule has 33 heavy (non-hydrogen) atoms. The summed E-state index contributed by atoms with van der Waals surface area (Å²) in [5, 5.41) is 2.94. The Morgan fingerprint density at radius 3 is 2.58 bits per heavy atom. The lowest BCUT2D eigenvalue weighted by Gasteiger charge is -2.36. The number of piperazine rings is 1. The highest BCUT2D eigenvalue weighted by atomic mass is 16.5. The molecule has 176 valence electrons. The van der Waals surface area contributed by atoms with E-state index in [-0.39, 0.29) is 18.2 Å². The summed E-state index contributed by atoms with van der Waals surface area (Å²) in [5.41, 5.74) is 2.04. The molecule has 1 heterocycles. The summed E-state index contributed by atoms with van der Waals surface area (Å²) in [6.07, 6.45) is 2.51. The summed E-state index contributed by atoms with van der Waals surface area (Å²) in [5.74, 6) is 1.83. The number of rotatable bonds is 10. The molecule has 0 spiro atoms. The van der Waals surface area contributed by atoms with E-state index in [1.807, 2.05) is 53.4 Å². The second kappa shape index (κ2) is 10.7. The normalized spacial score (nSPS) is 18.5. The zero-order valence-electron chi connectivity index (χ0n) is 19.5. The number of carbonyl (C=O) groups excluding carboxylic acids is 2. The van der Waals surface area contributed by atoms with Crippen molar-refractivity contribution < 1.29 is 19.1 Å². The van der Waals surface area contributed by atoms with Gasteiger partial charge < -0.3 is 19.7 Å². The predicted molar refractivity (Wildman–Crippen MR) is 126 cm³/mol. The second-order valence-corrected chi connectivity index (χ2v) is 8.84. The summed E-state index contributed by atoms with van der Waals surface area (Å²) in [7, 11) is 3.23. The fourth-order valence-electron chi connectivity index (χ4n) is 4.44. The molecule has 7 nitrogen and oxygen atoms in total. The van der Waals surface area contributed by atoms with Crippen molar-refractivity contribution in [1.82, 2.24) is 15.1 Å². The number of hydrogen-bond donors (Lipinski definition) is 1. The van der Waals surface area contributed by atoms with Gasteiger partial charge in [-0.1, -0.05) is 42.5 Å². The molecule has 1 atom stereocenters. The molecule has 0 radical (unpaired) electrons. The maximum absolute atomic E-state index is 13.4. The highest BCUT2D eigenvalue weighted by Gasteiger charge is 2.35. The maximum atomic E-state index is 13.4. The van der Waals surface area contributed by atoms with Crippen LogP contribution in [-0.2, 0) is 22.7 Å². The van der Waals surface area contributed by atoms with E-state index in [0.717, 1.165) is 17.7 Å². The van der Waals surface area contributed by atoms with Gasteiger partial charge in [0.05, 0.1) is 26.7 Å². The lowest BCUT2D eigenvalue weighted by Crippen LogP contribution is -2.56. The highest BCUT2D eigenvalue weighted by Crippen LogP contribution is 2.33. The zero-order valence-corrected chi connectivity index (χ0v) is 19.5. The van der Waals surface area contributed by atoms with Gasteiger partial charge in [-0.25, -0.2) is 0 Å². The largest absolute Gasteiger partial charge is 0.493 e. The molecular weight excluding hydrogens is 418 g/mol. The smallest absolute Gasteiger partial charge is 0.237 e. The number of para-hydroxylation sites is 1. The van der Waals surface area contributed by atoms with E-state index < -0.39 is 6.04 Å². The molecule has 1 saturated carbocycles. The van der Waals surface area contributed by atoms with Gasteiger partial charge in [0.25, 0.3) is 0 Å². The number of benzene rings is 2. The quantitative estimate of drug-likeness (QED) is 0.602. The monoisotopic (exact) mass is 451 g/mol. The van der Waals surface area contributed by atoms with Crippen molar-refractivity contribution in [2.24, 2.45) is 5.92 Å². The van der Waals surface area contributed by atoms with Crippen LogP contribution >= 0.6 is 0 Å². The molecule has 2 amide bonds. The number of ether oxygens (including phenoxy) is 2. The summed E-state index contributed by atoms with van der Waals surface area (Å²) in [6, 6.07) is 15.3. The third kappa shape index (κ3) is 5.85. The van der Waals surface area contributed by atoms with E-state index in [0.29, 0.717) is 43.6 Å². The Labute approximate surface area is 195 Å². The molecule has 2 aromatic rings. The first kappa shape index (κ1) is 23.1. The lowest BCUT2D eigenvalue weighted by molar-refractivity contribution is -0.139. The number of carbonyl (C=O) groups is 2. The number of hydrogen-bond acceptors (Lipinski definition) is 5. The summed E-state index contributed by atoms with van der Waals surface area (Å²) in [6.45, 7) is 3.07. The summed E-state index contributed by atoms with van der Waals surface area (Å²) in [4.78, 5) is 30.3. The van der Waals surface area contributed by atoms with Crippen LogP contribution in [-0.4, -0.2) is 61.5 Å². The SMILES string of the molecule is COc1cccc(CN2CCNC(=O)[C@H]2CC(=O)N(Cc2ccccc2)CC2CC2)c1OC. The van der Waals surface area contributed by atoms with Gasteiger partial charge in [0.1, 0.15) is 0 Å². The number of amides is 2. The van der Waals surface area contributed by atoms with Crippen molar-refractivity contribution in [1.29, 1.82) is 0 Å². The topological polar surface area (TPSA) is 71.1 Å². The van der Waals surface area contributed by atoms with Gasteiger partial charge in [-0.3, -0.25) is 14.5 Å². The van der Waals surface area contributed by atoms with Crippen molar-refractivity contribution >= 4 is 11.8 Å².